The predicted molar refractivity (Wildman–Crippen MR) is 80.5 cm³/mol. The van der Waals surface area contributed by atoms with E-state index in [1.54, 1.807) is 27.8 Å². The van der Waals surface area contributed by atoms with Gasteiger partial charge >= 0.3 is 6.09 Å². The first-order valence-corrected chi connectivity index (χ1v) is 7.30. The second-order valence-electron chi connectivity index (χ2n) is 6.54. The fraction of sp³-hybridized carbons (Fsp3) is 0.867. The van der Waals surface area contributed by atoms with Crippen LogP contribution in [0.25, 0.3) is 0 Å². The molecule has 0 radical (unpaired) electrons. The van der Waals surface area contributed by atoms with Crippen molar-refractivity contribution in [1.82, 2.24) is 10.2 Å². The maximum Gasteiger partial charge on any atom is 0.410 e. The van der Waals surface area contributed by atoms with Crippen molar-refractivity contribution in [3.63, 3.8) is 0 Å². The van der Waals surface area contributed by atoms with E-state index >= 15 is 0 Å². The molecule has 0 fully saturated rings. The maximum absolute atomic E-state index is 12.0. The molecule has 0 saturated heterocycles. The van der Waals surface area contributed by atoms with E-state index < -0.39 is 11.7 Å². The van der Waals surface area contributed by atoms with Gasteiger partial charge in [0.05, 0.1) is 0 Å². The van der Waals surface area contributed by atoms with Gasteiger partial charge in [-0.25, -0.2) is 4.79 Å². The predicted octanol–water partition coefficient (Wildman–Crippen LogP) is 2.79. The van der Waals surface area contributed by atoms with E-state index in [9.17, 15) is 9.59 Å². The van der Waals surface area contributed by atoms with E-state index in [0.717, 1.165) is 12.8 Å². The first kappa shape index (κ1) is 18.7. The summed E-state index contributed by atoms with van der Waals surface area (Å²) in [5, 5.41) is 2.98. The SMILES string of the molecule is CCCC(NC(=O)CN(C)C(=O)OC(C)(C)C)C(C)C. The van der Waals surface area contributed by atoms with Crippen LogP contribution in [-0.2, 0) is 9.53 Å². The molecule has 5 nitrogen and oxygen atoms in total. The van der Waals surface area contributed by atoms with Crippen LogP contribution in [-0.4, -0.2) is 42.1 Å². The molecule has 0 heterocycles. The third-order valence-electron chi connectivity index (χ3n) is 2.84. The Morgan fingerprint density at radius 1 is 1.25 bits per heavy atom. The first-order valence-electron chi connectivity index (χ1n) is 7.30. The van der Waals surface area contributed by atoms with Gasteiger partial charge in [-0.1, -0.05) is 27.2 Å². The van der Waals surface area contributed by atoms with Crippen molar-refractivity contribution in [3.05, 3.63) is 0 Å². The van der Waals surface area contributed by atoms with Crippen LogP contribution in [0.5, 0.6) is 0 Å². The van der Waals surface area contributed by atoms with Crippen LogP contribution in [0.2, 0.25) is 0 Å². The summed E-state index contributed by atoms with van der Waals surface area (Å²) in [7, 11) is 1.57. The quantitative estimate of drug-likeness (QED) is 0.817. The van der Waals surface area contributed by atoms with Crippen LogP contribution in [0.3, 0.4) is 0 Å². The number of likely N-dealkylation sites (N-methyl/N-ethyl adjacent to an activating group) is 1. The van der Waals surface area contributed by atoms with Crippen LogP contribution in [0.1, 0.15) is 54.4 Å². The van der Waals surface area contributed by atoms with Gasteiger partial charge in [0, 0.05) is 13.1 Å². The molecule has 0 rings (SSSR count). The molecular weight excluding hydrogens is 256 g/mol. The monoisotopic (exact) mass is 286 g/mol. The fourth-order valence-corrected chi connectivity index (χ4v) is 1.76. The third kappa shape index (κ3) is 8.02. The third-order valence-corrected chi connectivity index (χ3v) is 2.84. The summed E-state index contributed by atoms with van der Waals surface area (Å²) in [5.41, 5.74) is -0.551. The number of nitrogens with one attached hydrogen (secondary N) is 1. The minimum atomic E-state index is -0.551. The zero-order valence-corrected chi connectivity index (χ0v) is 13.9. The lowest BCUT2D eigenvalue weighted by Crippen LogP contribution is -2.45. The Labute approximate surface area is 123 Å². The number of carbonyl (C=O) groups excluding carboxylic acids is 2. The largest absolute Gasteiger partial charge is 0.444 e. The molecular formula is C15H30N2O3. The molecule has 0 saturated carbocycles. The minimum Gasteiger partial charge on any atom is -0.444 e. The number of rotatable bonds is 6. The van der Waals surface area contributed by atoms with Crippen molar-refractivity contribution >= 4 is 12.0 Å². The number of nitrogens with zero attached hydrogens (tertiary/aromatic N) is 1. The van der Waals surface area contributed by atoms with E-state index in [1.807, 2.05) is 0 Å². The number of hydrogen-bond acceptors (Lipinski definition) is 3. The lowest BCUT2D eigenvalue weighted by Gasteiger charge is -2.26. The summed E-state index contributed by atoms with van der Waals surface area (Å²) in [5.74, 6) is 0.233. The summed E-state index contributed by atoms with van der Waals surface area (Å²) in [6.07, 6.45) is 1.48. The van der Waals surface area contributed by atoms with Gasteiger partial charge in [-0.3, -0.25) is 4.79 Å². The lowest BCUT2D eigenvalue weighted by molar-refractivity contribution is -0.123. The minimum absolute atomic E-state index is 0.0157. The van der Waals surface area contributed by atoms with Gasteiger partial charge in [-0.05, 0) is 33.1 Å². The van der Waals surface area contributed by atoms with E-state index in [0.29, 0.717) is 5.92 Å². The summed E-state index contributed by atoms with van der Waals surface area (Å²) < 4.78 is 5.21. The van der Waals surface area contributed by atoms with Gasteiger partial charge in [0.25, 0.3) is 0 Å². The van der Waals surface area contributed by atoms with Crippen molar-refractivity contribution in [2.45, 2.75) is 66.0 Å². The molecule has 0 aromatic rings. The number of hydrogen-bond donors (Lipinski definition) is 1. The molecule has 2 amide bonds. The van der Waals surface area contributed by atoms with Gasteiger partial charge in [-0.2, -0.15) is 0 Å². The zero-order valence-electron chi connectivity index (χ0n) is 13.9. The van der Waals surface area contributed by atoms with Crippen molar-refractivity contribution < 1.29 is 14.3 Å². The van der Waals surface area contributed by atoms with E-state index in [1.165, 1.54) is 4.90 Å². The Morgan fingerprint density at radius 3 is 2.20 bits per heavy atom. The molecule has 0 spiro atoms. The summed E-state index contributed by atoms with van der Waals surface area (Å²) >= 11 is 0. The first-order chi connectivity index (χ1) is 9.06. The Hall–Kier alpha value is -1.26. The second kappa shape index (κ2) is 8.12. The Kier molecular flexibility index (Phi) is 7.61. The average Bonchev–Trinajstić information content (AvgIpc) is 2.25. The van der Waals surface area contributed by atoms with Crippen molar-refractivity contribution in [1.29, 1.82) is 0 Å². The number of carbonyl (C=O) groups is 2. The van der Waals surface area contributed by atoms with Crippen molar-refractivity contribution in [3.8, 4) is 0 Å². The second-order valence-corrected chi connectivity index (χ2v) is 6.54. The molecule has 0 aliphatic heterocycles. The summed E-state index contributed by atoms with van der Waals surface area (Å²) in [4.78, 5) is 25.0. The lowest BCUT2D eigenvalue weighted by atomic mass is 10.00. The molecule has 0 aliphatic rings. The molecule has 0 aromatic carbocycles. The van der Waals surface area contributed by atoms with Crippen LogP contribution in [0.15, 0.2) is 0 Å². The molecule has 1 unspecified atom stereocenters. The normalized spacial score (nSPS) is 13.0. The summed E-state index contributed by atoms with van der Waals surface area (Å²) in [6, 6.07) is 0.152. The van der Waals surface area contributed by atoms with Gasteiger partial charge in [0.15, 0.2) is 0 Å². The van der Waals surface area contributed by atoms with Crippen LogP contribution in [0.4, 0.5) is 4.79 Å². The molecule has 118 valence electrons. The molecule has 1 N–H and O–H groups in total. The molecule has 0 bridgehead atoms. The van der Waals surface area contributed by atoms with Crippen molar-refractivity contribution in [2.75, 3.05) is 13.6 Å². The highest BCUT2D eigenvalue weighted by Crippen LogP contribution is 2.10. The Bertz CT molecular complexity index is 322. The highest BCUT2D eigenvalue weighted by Gasteiger charge is 2.22. The van der Waals surface area contributed by atoms with Crippen LogP contribution >= 0.6 is 0 Å². The van der Waals surface area contributed by atoms with E-state index in [-0.39, 0.29) is 18.5 Å². The number of ether oxygens (including phenoxy) is 1. The van der Waals surface area contributed by atoms with Gasteiger partial charge in [0.1, 0.15) is 12.1 Å². The topological polar surface area (TPSA) is 58.6 Å². The summed E-state index contributed by atoms with van der Waals surface area (Å²) in [6.45, 7) is 11.7. The molecule has 5 heteroatoms. The van der Waals surface area contributed by atoms with Gasteiger partial charge in [-0.15, -0.1) is 0 Å². The number of amides is 2. The Balaban J connectivity index is 4.34. The molecule has 0 aliphatic carbocycles. The van der Waals surface area contributed by atoms with E-state index in [4.69, 9.17) is 4.74 Å². The fourth-order valence-electron chi connectivity index (χ4n) is 1.76. The standard InChI is InChI=1S/C15H30N2O3/c1-8-9-12(11(2)3)16-13(18)10-17(7)14(19)20-15(4,5)6/h11-12H,8-10H2,1-7H3,(H,16,18). The van der Waals surface area contributed by atoms with Gasteiger partial charge in [0.2, 0.25) is 5.91 Å². The molecule has 20 heavy (non-hydrogen) atoms. The average molecular weight is 286 g/mol. The highest BCUT2D eigenvalue weighted by molar-refractivity contribution is 5.82. The maximum atomic E-state index is 12.0. The smallest absolute Gasteiger partial charge is 0.410 e. The van der Waals surface area contributed by atoms with Gasteiger partial charge < -0.3 is 15.0 Å². The van der Waals surface area contributed by atoms with Crippen LogP contribution < -0.4 is 5.32 Å². The zero-order chi connectivity index (χ0) is 15.9. The molecule has 0 aromatic heterocycles. The molecule has 1 atom stereocenters. The van der Waals surface area contributed by atoms with E-state index in [2.05, 4.69) is 26.1 Å². The van der Waals surface area contributed by atoms with Crippen LogP contribution in [0, 0.1) is 5.92 Å². The Morgan fingerprint density at radius 2 is 1.80 bits per heavy atom. The van der Waals surface area contributed by atoms with Crippen molar-refractivity contribution in [2.24, 2.45) is 5.92 Å². The highest BCUT2D eigenvalue weighted by atomic mass is 16.6.